The first-order valence-electron chi connectivity index (χ1n) is 8.18. The van der Waals surface area contributed by atoms with Crippen LogP contribution >= 0.6 is 0 Å². The van der Waals surface area contributed by atoms with E-state index in [1.807, 2.05) is 25.1 Å². The van der Waals surface area contributed by atoms with Crippen LogP contribution in [-0.4, -0.2) is 53.7 Å². The van der Waals surface area contributed by atoms with Gasteiger partial charge in [0.25, 0.3) is 5.91 Å². The molecule has 0 aliphatic carbocycles. The topological polar surface area (TPSA) is 81.5 Å². The Labute approximate surface area is 147 Å². The lowest BCUT2D eigenvalue weighted by Gasteiger charge is -2.34. The normalized spacial score (nSPS) is 19.6. The largest absolute Gasteiger partial charge is 0.484 e. The quantitative estimate of drug-likeness (QED) is 0.799. The average Bonchev–Trinajstić information content (AvgIpc) is 3.09. The molecule has 3 rings (SSSR count). The molecule has 1 saturated heterocycles. The maximum Gasteiger partial charge on any atom is 0.261 e. The van der Waals surface area contributed by atoms with Gasteiger partial charge in [-0.1, -0.05) is 18.2 Å². The molecule has 1 aliphatic rings. The molecule has 1 fully saturated rings. The molecule has 0 radical (unpaired) electrons. The number of amides is 1. The van der Waals surface area contributed by atoms with Gasteiger partial charge in [-0.25, -0.2) is 8.42 Å². The fourth-order valence-electron chi connectivity index (χ4n) is 2.85. The van der Waals surface area contributed by atoms with E-state index in [1.54, 1.807) is 34.1 Å². The molecule has 1 aromatic carbocycles. The molecular weight excluding hydrogens is 342 g/mol. The summed E-state index contributed by atoms with van der Waals surface area (Å²) in [5, 5.41) is 4.20. The lowest BCUT2D eigenvalue weighted by molar-refractivity contribution is -0.135. The second-order valence-corrected chi connectivity index (χ2v) is 8.18. The van der Waals surface area contributed by atoms with E-state index in [1.165, 1.54) is 0 Å². The molecule has 0 spiro atoms. The van der Waals surface area contributed by atoms with Crippen molar-refractivity contribution in [1.82, 2.24) is 14.7 Å². The van der Waals surface area contributed by atoms with Crippen LogP contribution in [0.2, 0.25) is 0 Å². The molecule has 2 aromatic rings. The van der Waals surface area contributed by atoms with Crippen molar-refractivity contribution in [2.24, 2.45) is 0 Å². The van der Waals surface area contributed by atoms with E-state index in [0.717, 1.165) is 5.56 Å². The number of ether oxygens (including phenoxy) is 1. The summed E-state index contributed by atoms with van der Waals surface area (Å²) in [5.74, 6) is 0.269. The van der Waals surface area contributed by atoms with Gasteiger partial charge in [0.2, 0.25) is 0 Å². The van der Waals surface area contributed by atoms with Crippen LogP contribution in [0, 0.1) is 0 Å². The van der Waals surface area contributed by atoms with Gasteiger partial charge in [0.1, 0.15) is 5.75 Å². The Morgan fingerprint density at radius 1 is 1.32 bits per heavy atom. The Morgan fingerprint density at radius 2 is 2.08 bits per heavy atom. The number of sulfone groups is 1. The van der Waals surface area contributed by atoms with Crippen molar-refractivity contribution in [3.8, 4) is 5.75 Å². The van der Waals surface area contributed by atoms with Gasteiger partial charge in [0.05, 0.1) is 23.7 Å². The van der Waals surface area contributed by atoms with Gasteiger partial charge >= 0.3 is 0 Å². The first-order chi connectivity index (χ1) is 12.0. The number of carbonyl (C=O) groups excluding carboxylic acids is 1. The second-order valence-electron chi connectivity index (χ2n) is 5.95. The Hall–Kier alpha value is -2.35. The number of hydrogen-bond donors (Lipinski definition) is 0. The van der Waals surface area contributed by atoms with Crippen molar-refractivity contribution >= 4 is 15.7 Å². The van der Waals surface area contributed by atoms with Crippen LogP contribution in [-0.2, 0) is 21.2 Å². The van der Waals surface area contributed by atoms with Gasteiger partial charge in [-0.05, 0) is 19.1 Å². The molecule has 7 nitrogen and oxygen atoms in total. The highest BCUT2D eigenvalue weighted by atomic mass is 32.2. The van der Waals surface area contributed by atoms with Crippen LogP contribution in [0.1, 0.15) is 18.5 Å². The molecule has 1 unspecified atom stereocenters. The van der Waals surface area contributed by atoms with Crippen LogP contribution in [0.15, 0.2) is 42.7 Å². The van der Waals surface area contributed by atoms with Gasteiger partial charge in [0.15, 0.2) is 16.4 Å². The zero-order valence-corrected chi connectivity index (χ0v) is 14.9. The summed E-state index contributed by atoms with van der Waals surface area (Å²) in [6, 6.07) is 8.55. The van der Waals surface area contributed by atoms with Crippen molar-refractivity contribution in [3.63, 3.8) is 0 Å². The molecule has 1 amide bonds. The van der Waals surface area contributed by atoms with E-state index in [-0.39, 0.29) is 30.6 Å². The standard InChI is InChI=1S/C17H21N3O4S/c1-2-19-11-14(10-18-19)16-13-25(22,23)9-8-20(16)17(21)12-24-15-6-4-3-5-7-15/h3-7,10-11,16H,2,8-9,12-13H2,1H3. The Balaban J connectivity index is 1.75. The molecule has 25 heavy (non-hydrogen) atoms. The molecule has 1 aliphatic heterocycles. The average molecular weight is 363 g/mol. The summed E-state index contributed by atoms with van der Waals surface area (Å²) in [7, 11) is -3.18. The van der Waals surface area contributed by atoms with Crippen molar-refractivity contribution in [2.45, 2.75) is 19.5 Å². The summed E-state index contributed by atoms with van der Waals surface area (Å²) in [6.07, 6.45) is 3.43. The molecule has 1 aromatic heterocycles. The van der Waals surface area contributed by atoms with Crippen molar-refractivity contribution < 1.29 is 17.9 Å². The van der Waals surface area contributed by atoms with Gasteiger partial charge in [-0.2, -0.15) is 5.10 Å². The molecule has 8 heteroatoms. The Kier molecular flexibility index (Phi) is 5.08. The molecule has 2 heterocycles. The van der Waals surface area contributed by atoms with Crippen molar-refractivity contribution in [2.75, 3.05) is 24.7 Å². The summed E-state index contributed by atoms with van der Waals surface area (Å²) < 4.78 is 31.4. The van der Waals surface area contributed by atoms with E-state index in [2.05, 4.69) is 5.10 Å². The predicted molar refractivity (Wildman–Crippen MR) is 92.9 cm³/mol. The minimum absolute atomic E-state index is 0.0253. The van der Waals surface area contributed by atoms with E-state index in [0.29, 0.717) is 12.3 Å². The van der Waals surface area contributed by atoms with Gasteiger partial charge in [0, 0.05) is 24.8 Å². The second kappa shape index (κ2) is 7.26. The number of para-hydroxylation sites is 1. The number of hydrogen-bond acceptors (Lipinski definition) is 5. The van der Waals surface area contributed by atoms with Crippen LogP contribution in [0.3, 0.4) is 0 Å². The van der Waals surface area contributed by atoms with Crippen LogP contribution in [0.4, 0.5) is 0 Å². The fraction of sp³-hybridized carbons (Fsp3) is 0.412. The summed E-state index contributed by atoms with van der Waals surface area (Å²) in [6.45, 7) is 2.68. The van der Waals surface area contributed by atoms with Crippen molar-refractivity contribution in [1.29, 1.82) is 0 Å². The highest BCUT2D eigenvalue weighted by molar-refractivity contribution is 7.91. The van der Waals surface area contributed by atoms with E-state index in [9.17, 15) is 13.2 Å². The SMILES string of the molecule is CCn1cc(C2CS(=O)(=O)CCN2C(=O)COc2ccccc2)cn1. The van der Waals surface area contributed by atoms with Gasteiger partial charge < -0.3 is 9.64 Å². The first-order valence-corrected chi connectivity index (χ1v) is 10.0. The third-order valence-corrected chi connectivity index (χ3v) is 5.85. The monoisotopic (exact) mass is 363 g/mol. The summed E-state index contributed by atoms with van der Waals surface area (Å²) in [4.78, 5) is 14.2. The molecule has 0 N–H and O–H groups in total. The minimum Gasteiger partial charge on any atom is -0.484 e. The number of nitrogens with zero attached hydrogens (tertiary/aromatic N) is 3. The zero-order valence-electron chi connectivity index (χ0n) is 14.0. The summed E-state index contributed by atoms with van der Waals surface area (Å²) >= 11 is 0. The number of carbonyl (C=O) groups is 1. The maximum absolute atomic E-state index is 12.6. The van der Waals surface area contributed by atoms with Crippen LogP contribution in [0.25, 0.3) is 0 Å². The third kappa shape index (κ3) is 4.19. The molecule has 134 valence electrons. The molecule has 0 saturated carbocycles. The minimum atomic E-state index is -3.18. The van der Waals surface area contributed by atoms with Gasteiger partial charge in [-0.15, -0.1) is 0 Å². The lowest BCUT2D eigenvalue weighted by Crippen LogP contribution is -2.47. The maximum atomic E-state index is 12.6. The van der Waals surface area contributed by atoms with Crippen LogP contribution in [0.5, 0.6) is 5.75 Å². The van der Waals surface area contributed by atoms with Crippen LogP contribution < -0.4 is 4.74 Å². The Morgan fingerprint density at radius 3 is 2.76 bits per heavy atom. The number of rotatable bonds is 5. The highest BCUT2D eigenvalue weighted by Crippen LogP contribution is 2.27. The highest BCUT2D eigenvalue weighted by Gasteiger charge is 2.35. The van der Waals surface area contributed by atoms with Gasteiger partial charge in [-0.3, -0.25) is 9.48 Å². The molecular formula is C17H21N3O4S. The smallest absolute Gasteiger partial charge is 0.261 e. The van der Waals surface area contributed by atoms with Crippen molar-refractivity contribution in [3.05, 3.63) is 48.3 Å². The van der Waals surface area contributed by atoms with E-state index >= 15 is 0 Å². The third-order valence-electron chi connectivity index (χ3n) is 4.22. The number of benzene rings is 1. The molecule has 0 bridgehead atoms. The lowest BCUT2D eigenvalue weighted by atomic mass is 10.1. The predicted octanol–water partition coefficient (Wildman–Crippen LogP) is 1.28. The number of aromatic nitrogens is 2. The molecule has 1 atom stereocenters. The van der Waals surface area contributed by atoms with E-state index < -0.39 is 15.9 Å². The first kappa shape index (κ1) is 17.5. The fourth-order valence-corrected chi connectivity index (χ4v) is 4.35. The number of aryl methyl sites for hydroxylation is 1. The summed E-state index contributed by atoms with van der Waals surface area (Å²) in [5.41, 5.74) is 0.734. The Bertz CT molecular complexity index is 833. The zero-order chi connectivity index (χ0) is 17.9. The van der Waals surface area contributed by atoms with E-state index in [4.69, 9.17) is 4.74 Å².